The first-order valence-electron chi connectivity index (χ1n) is 12.5. The van der Waals surface area contributed by atoms with E-state index in [1.165, 1.54) is 5.56 Å². The summed E-state index contributed by atoms with van der Waals surface area (Å²) in [6.45, 7) is 5.67. The van der Waals surface area contributed by atoms with Crippen molar-refractivity contribution < 1.29 is 19.0 Å². The zero-order chi connectivity index (χ0) is 23.9. The van der Waals surface area contributed by atoms with E-state index in [4.69, 9.17) is 14.2 Å². The molecule has 1 fully saturated rings. The van der Waals surface area contributed by atoms with Crippen LogP contribution in [0.15, 0.2) is 42.5 Å². The van der Waals surface area contributed by atoms with Crippen LogP contribution in [0.25, 0.3) is 10.9 Å². The fourth-order valence-corrected chi connectivity index (χ4v) is 5.41. The van der Waals surface area contributed by atoms with Gasteiger partial charge in [0.1, 0.15) is 18.5 Å². The molecule has 0 bridgehead atoms. The number of rotatable bonds is 4. The van der Waals surface area contributed by atoms with E-state index < -0.39 is 0 Å². The number of fused-ring (bicyclic) bond motifs is 4. The topological polar surface area (TPSA) is 64.1 Å². The summed E-state index contributed by atoms with van der Waals surface area (Å²) >= 11 is 0. The van der Waals surface area contributed by atoms with Crippen molar-refractivity contribution in [3.05, 3.63) is 53.7 Å². The fourth-order valence-electron chi connectivity index (χ4n) is 5.41. The molecule has 9 heteroatoms. The number of halogens is 2. The second-order valence-electron chi connectivity index (χ2n) is 9.95. The Kier molecular flexibility index (Phi) is 8.36. The zero-order valence-electron chi connectivity index (χ0n) is 21.1. The molecular weight excluding hydrogens is 513 g/mol. The third kappa shape index (κ3) is 5.59. The van der Waals surface area contributed by atoms with E-state index in [0.717, 1.165) is 78.4 Å². The molecule has 3 aromatic rings. The predicted octanol–water partition coefficient (Wildman–Crippen LogP) is 4.84. The predicted molar refractivity (Wildman–Crippen MR) is 149 cm³/mol. The van der Waals surface area contributed by atoms with Gasteiger partial charge in [0.05, 0.1) is 11.2 Å². The number of likely N-dealkylation sites (tertiary alicyclic amines) is 1. The molecule has 0 saturated carbocycles. The van der Waals surface area contributed by atoms with Gasteiger partial charge in [-0.2, -0.15) is 0 Å². The van der Waals surface area contributed by atoms with Crippen molar-refractivity contribution >= 4 is 47.3 Å². The first-order valence-corrected chi connectivity index (χ1v) is 12.5. The maximum absolute atomic E-state index is 12.0. The number of carbonyl (C=O) groups excluding carboxylic acids is 1. The van der Waals surface area contributed by atoms with Gasteiger partial charge in [-0.15, -0.1) is 24.8 Å². The average Bonchev–Trinajstić information content (AvgIpc) is 2.87. The Balaban J connectivity index is 0.00000160. The molecule has 1 amide bonds. The van der Waals surface area contributed by atoms with E-state index in [0.29, 0.717) is 12.5 Å². The largest absolute Gasteiger partial charge is 0.486 e. The summed E-state index contributed by atoms with van der Waals surface area (Å²) in [5.74, 6) is 3.05. The molecule has 1 aromatic heterocycles. The third-order valence-electron chi connectivity index (χ3n) is 7.44. The van der Waals surface area contributed by atoms with E-state index in [-0.39, 0.29) is 43.4 Å². The minimum Gasteiger partial charge on any atom is -0.486 e. The fraction of sp³-hybridized carbons (Fsp3) is 0.429. The van der Waals surface area contributed by atoms with Crippen LogP contribution in [0.4, 0.5) is 5.69 Å². The lowest BCUT2D eigenvalue weighted by Crippen LogP contribution is -2.44. The molecule has 0 N–H and O–H groups in total. The maximum atomic E-state index is 12.0. The normalized spacial score (nSPS) is 19.5. The molecule has 1 saturated heterocycles. The number of hydrogen-bond donors (Lipinski definition) is 0. The Morgan fingerprint density at radius 3 is 2.59 bits per heavy atom. The number of carbonyl (C=O) groups is 1. The lowest BCUT2D eigenvalue weighted by Gasteiger charge is -2.36. The summed E-state index contributed by atoms with van der Waals surface area (Å²) in [4.78, 5) is 20.8. The van der Waals surface area contributed by atoms with Crippen LogP contribution < -0.4 is 19.1 Å². The van der Waals surface area contributed by atoms with Gasteiger partial charge in [-0.05, 0) is 87.2 Å². The Hall–Kier alpha value is -2.74. The van der Waals surface area contributed by atoms with Crippen LogP contribution in [0.5, 0.6) is 17.2 Å². The second-order valence-corrected chi connectivity index (χ2v) is 9.95. The number of amides is 1. The molecule has 0 spiro atoms. The van der Waals surface area contributed by atoms with Gasteiger partial charge in [0.2, 0.25) is 0 Å². The van der Waals surface area contributed by atoms with Crippen LogP contribution in [-0.4, -0.2) is 61.8 Å². The molecule has 4 heterocycles. The highest BCUT2D eigenvalue weighted by molar-refractivity contribution is 5.97. The number of aryl methyl sites for hydroxylation is 1. The lowest BCUT2D eigenvalue weighted by atomic mass is 9.89. The monoisotopic (exact) mass is 545 g/mol. The van der Waals surface area contributed by atoms with Crippen LogP contribution >= 0.6 is 24.8 Å². The van der Waals surface area contributed by atoms with Crippen molar-refractivity contribution in [2.24, 2.45) is 5.92 Å². The minimum atomic E-state index is -0.00105. The number of benzene rings is 2. The number of nitrogens with zero attached hydrogens (tertiary/aromatic N) is 3. The van der Waals surface area contributed by atoms with Crippen LogP contribution in [0.1, 0.15) is 24.1 Å². The summed E-state index contributed by atoms with van der Waals surface area (Å²) in [6.07, 6.45) is 3.34. The SMILES string of the molecule is Cc1ccc2c3c(ccc2n1)OC[C@H](CN1CCC(Cc2ccc4c(c2)N(C)C(=O)CO4)CC1)O3.Cl.Cl. The molecule has 3 aliphatic heterocycles. The van der Waals surface area contributed by atoms with Crippen molar-refractivity contribution in [3.63, 3.8) is 0 Å². The Morgan fingerprint density at radius 2 is 1.78 bits per heavy atom. The quantitative estimate of drug-likeness (QED) is 0.467. The number of ether oxygens (including phenoxy) is 3. The highest BCUT2D eigenvalue weighted by Gasteiger charge is 2.28. The minimum absolute atomic E-state index is 0. The summed E-state index contributed by atoms with van der Waals surface area (Å²) in [5, 5.41) is 1.01. The number of hydrogen-bond acceptors (Lipinski definition) is 6. The summed E-state index contributed by atoms with van der Waals surface area (Å²) < 4.78 is 18.1. The highest BCUT2D eigenvalue weighted by atomic mass is 35.5. The molecule has 37 heavy (non-hydrogen) atoms. The number of anilines is 1. The van der Waals surface area contributed by atoms with Crippen LogP contribution in [0, 0.1) is 12.8 Å². The number of aromatic nitrogens is 1. The van der Waals surface area contributed by atoms with Gasteiger partial charge < -0.3 is 19.1 Å². The van der Waals surface area contributed by atoms with Crippen molar-refractivity contribution in [1.82, 2.24) is 9.88 Å². The molecule has 3 aliphatic rings. The first-order chi connectivity index (χ1) is 17.0. The van der Waals surface area contributed by atoms with Crippen molar-refractivity contribution in [2.45, 2.75) is 32.3 Å². The van der Waals surface area contributed by atoms with Gasteiger partial charge in [-0.1, -0.05) is 6.07 Å². The summed E-state index contributed by atoms with van der Waals surface area (Å²) in [5.41, 5.74) is 4.09. The highest BCUT2D eigenvalue weighted by Crippen LogP contribution is 2.39. The van der Waals surface area contributed by atoms with Gasteiger partial charge in [0.25, 0.3) is 5.91 Å². The van der Waals surface area contributed by atoms with Crippen LogP contribution in [0.2, 0.25) is 0 Å². The van der Waals surface area contributed by atoms with Crippen LogP contribution in [-0.2, 0) is 11.2 Å². The number of likely N-dealkylation sites (N-methyl/N-ethyl adjacent to an activating group) is 1. The first kappa shape index (κ1) is 27.3. The van der Waals surface area contributed by atoms with E-state index in [1.54, 1.807) is 4.90 Å². The standard InChI is InChI=1S/C28H31N3O4.2ClH/c1-18-3-5-22-23(29-18)6-8-26-28(22)35-21(16-33-26)15-31-11-9-19(10-12-31)13-20-4-7-25-24(14-20)30(2)27(32)17-34-25;;/h3-8,14,19,21H,9-13,15-17H2,1-2H3;2*1H/t21-;;/m0../s1. The van der Waals surface area contributed by atoms with Gasteiger partial charge in [-0.3, -0.25) is 14.7 Å². The van der Waals surface area contributed by atoms with Gasteiger partial charge in [0.15, 0.2) is 18.1 Å². The Morgan fingerprint density at radius 1 is 1.00 bits per heavy atom. The van der Waals surface area contributed by atoms with E-state index in [2.05, 4.69) is 28.1 Å². The molecule has 0 unspecified atom stereocenters. The van der Waals surface area contributed by atoms with Gasteiger partial charge in [0, 0.05) is 24.7 Å². The molecule has 0 radical (unpaired) electrons. The molecule has 2 aromatic carbocycles. The molecule has 1 atom stereocenters. The van der Waals surface area contributed by atoms with Crippen molar-refractivity contribution in [2.75, 3.05) is 44.8 Å². The summed E-state index contributed by atoms with van der Waals surface area (Å²) in [7, 11) is 1.82. The number of piperidine rings is 1. The van der Waals surface area contributed by atoms with Crippen LogP contribution in [0.3, 0.4) is 0 Å². The lowest BCUT2D eigenvalue weighted by molar-refractivity contribution is -0.120. The van der Waals surface area contributed by atoms with E-state index in [1.807, 2.05) is 38.2 Å². The van der Waals surface area contributed by atoms with E-state index in [9.17, 15) is 4.79 Å². The molecule has 6 rings (SSSR count). The Bertz CT molecular complexity index is 1280. The maximum Gasteiger partial charge on any atom is 0.264 e. The van der Waals surface area contributed by atoms with Crippen molar-refractivity contribution in [1.29, 1.82) is 0 Å². The molecular formula is C28H33Cl2N3O4. The number of pyridine rings is 1. The molecule has 0 aliphatic carbocycles. The average molecular weight is 546 g/mol. The van der Waals surface area contributed by atoms with Gasteiger partial charge >= 0.3 is 0 Å². The smallest absolute Gasteiger partial charge is 0.264 e. The van der Waals surface area contributed by atoms with Gasteiger partial charge in [-0.25, -0.2) is 0 Å². The summed E-state index contributed by atoms with van der Waals surface area (Å²) in [6, 6.07) is 14.3. The molecule has 198 valence electrons. The third-order valence-corrected chi connectivity index (χ3v) is 7.44. The zero-order valence-corrected chi connectivity index (χ0v) is 22.8. The van der Waals surface area contributed by atoms with Crippen molar-refractivity contribution in [3.8, 4) is 17.2 Å². The Labute approximate surface area is 229 Å². The second kappa shape index (κ2) is 11.3. The van der Waals surface area contributed by atoms with E-state index >= 15 is 0 Å². The molecule has 7 nitrogen and oxygen atoms in total.